The highest BCUT2D eigenvalue weighted by Gasteiger charge is 2.24. The van der Waals surface area contributed by atoms with E-state index in [0.29, 0.717) is 31.9 Å². The molecule has 0 aliphatic carbocycles. The second kappa shape index (κ2) is 6.62. The zero-order chi connectivity index (χ0) is 15.4. The van der Waals surface area contributed by atoms with Gasteiger partial charge in [-0.15, -0.1) is 11.3 Å². The molecule has 2 amide bonds. The lowest BCUT2D eigenvalue weighted by atomic mass is 10.2. The summed E-state index contributed by atoms with van der Waals surface area (Å²) in [6, 6.07) is 7.27. The van der Waals surface area contributed by atoms with Crippen LogP contribution in [0.2, 0.25) is 0 Å². The molecule has 1 aliphatic heterocycles. The number of hydrogen-bond donors (Lipinski definition) is 0. The van der Waals surface area contributed by atoms with E-state index >= 15 is 0 Å². The lowest BCUT2D eigenvalue weighted by Gasteiger charge is -2.34. The number of thiophene rings is 1. The van der Waals surface area contributed by atoms with Crippen molar-refractivity contribution in [2.45, 2.75) is 0 Å². The number of piperazine rings is 1. The summed E-state index contributed by atoms with van der Waals surface area (Å²) < 4.78 is 5.15. The van der Waals surface area contributed by atoms with Crippen LogP contribution in [0.1, 0.15) is 15.4 Å². The Morgan fingerprint density at radius 2 is 1.86 bits per heavy atom. The number of carbonyl (C=O) groups excluding carboxylic acids is 2. The Balaban J connectivity index is 1.53. The molecule has 3 rings (SSSR count). The third-order valence-electron chi connectivity index (χ3n) is 3.54. The quantitative estimate of drug-likeness (QED) is 0.817. The number of hydrogen-bond acceptors (Lipinski definition) is 4. The summed E-state index contributed by atoms with van der Waals surface area (Å²) in [5.74, 6) is 0.646. The highest BCUT2D eigenvalue weighted by Crippen LogP contribution is 2.14. The molecule has 3 heterocycles. The molecule has 0 atom stereocenters. The van der Waals surface area contributed by atoms with E-state index in [0.717, 1.165) is 4.88 Å². The van der Waals surface area contributed by atoms with Gasteiger partial charge in [0.05, 0.1) is 11.1 Å². The van der Waals surface area contributed by atoms with Crippen LogP contribution < -0.4 is 0 Å². The van der Waals surface area contributed by atoms with Crippen LogP contribution in [0.15, 0.2) is 46.4 Å². The first kappa shape index (κ1) is 14.6. The van der Waals surface area contributed by atoms with Crippen molar-refractivity contribution >= 4 is 29.2 Å². The Bertz CT molecular complexity index is 654. The van der Waals surface area contributed by atoms with Crippen LogP contribution in [0.25, 0.3) is 6.08 Å². The van der Waals surface area contributed by atoms with Crippen LogP contribution in [0.4, 0.5) is 0 Å². The molecule has 2 aromatic rings. The van der Waals surface area contributed by atoms with E-state index in [1.165, 1.54) is 17.4 Å². The molecule has 22 heavy (non-hydrogen) atoms. The van der Waals surface area contributed by atoms with Crippen molar-refractivity contribution in [3.05, 3.63) is 52.6 Å². The summed E-state index contributed by atoms with van der Waals surface area (Å²) in [4.78, 5) is 28.6. The fourth-order valence-corrected chi connectivity index (χ4v) is 3.02. The third kappa shape index (κ3) is 3.28. The van der Waals surface area contributed by atoms with Crippen LogP contribution in [-0.2, 0) is 4.79 Å². The van der Waals surface area contributed by atoms with Crippen LogP contribution in [0.3, 0.4) is 0 Å². The van der Waals surface area contributed by atoms with Crippen molar-refractivity contribution in [2.24, 2.45) is 0 Å². The SMILES string of the molecule is O=C(/C=C/c1ccco1)N1CCN(C(=O)c2cccs2)CC1. The van der Waals surface area contributed by atoms with Crippen molar-refractivity contribution in [1.82, 2.24) is 9.80 Å². The van der Waals surface area contributed by atoms with E-state index in [2.05, 4.69) is 0 Å². The predicted octanol–water partition coefficient (Wildman–Crippen LogP) is 2.34. The van der Waals surface area contributed by atoms with Crippen molar-refractivity contribution in [2.75, 3.05) is 26.2 Å². The van der Waals surface area contributed by atoms with E-state index < -0.39 is 0 Å². The van der Waals surface area contributed by atoms with Crippen LogP contribution >= 0.6 is 11.3 Å². The van der Waals surface area contributed by atoms with Crippen molar-refractivity contribution < 1.29 is 14.0 Å². The molecule has 0 saturated carbocycles. The minimum absolute atomic E-state index is 0.0493. The molecule has 114 valence electrons. The number of carbonyl (C=O) groups is 2. The molecular weight excluding hydrogens is 300 g/mol. The average Bonchev–Trinajstić information content (AvgIpc) is 3.25. The van der Waals surface area contributed by atoms with E-state index in [4.69, 9.17) is 4.42 Å². The van der Waals surface area contributed by atoms with Gasteiger partial charge in [-0.1, -0.05) is 6.07 Å². The topological polar surface area (TPSA) is 53.8 Å². The molecule has 5 nitrogen and oxygen atoms in total. The van der Waals surface area contributed by atoms with Gasteiger partial charge in [-0.05, 0) is 29.7 Å². The van der Waals surface area contributed by atoms with Gasteiger partial charge in [-0.25, -0.2) is 0 Å². The monoisotopic (exact) mass is 316 g/mol. The maximum Gasteiger partial charge on any atom is 0.264 e. The molecule has 2 aromatic heterocycles. The summed E-state index contributed by atoms with van der Waals surface area (Å²) in [5, 5.41) is 1.90. The van der Waals surface area contributed by atoms with E-state index in [1.54, 1.807) is 34.3 Å². The molecular formula is C16H16N2O3S. The highest BCUT2D eigenvalue weighted by atomic mass is 32.1. The molecule has 1 fully saturated rings. The Labute approximate surface area is 132 Å². The van der Waals surface area contributed by atoms with E-state index in [1.807, 2.05) is 17.5 Å². The van der Waals surface area contributed by atoms with Crippen LogP contribution in [-0.4, -0.2) is 47.8 Å². The Hall–Kier alpha value is -2.34. The average molecular weight is 316 g/mol. The molecule has 0 aromatic carbocycles. The molecule has 0 bridgehead atoms. The molecule has 1 aliphatic rings. The van der Waals surface area contributed by atoms with E-state index in [-0.39, 0.29) is 11.8 Å². The van der Waals surface area contributed by atoms with Gasteiger partial charge in [0.2, 0.25) is 5.91 Å². The van der Waals surface area contributed by atoms with Crippen molar-refractivity contribution in [3.63, 3.8) is 0 Å². The van der Waals surface area contributed by atoms with Gasteiger partial charge < -0.3 is 14.2 Å². The molecule has 0 radical (unpaired) electrons. The largest absolute Gasteiger partial charge is 0.465 e. The smallest absolute Gasteiger partial charge is 0.264 e. The van der Waals surface area contributed by atoms with Crippen LogP contribution in [0.5, 0.6) is 0 Å². The highest BCUT2D eigenvalue weighted by molar-refractivity contribution is 7.12. The van der Waals surface area contributed by atoms with Gasteiger partial charge in [-0.3, -0.25) is 9.59 Å². The number of nitrogens with zero attached hydrogens (tertiary/aromatic N) is 2. The molecule has 6 heteroatoms. The first-order chi connectivity index (χ1) is 10.7. The van der Waals surface area contributed by atoms with Gasteiger partial charge in [0.15, 0.2) is 0 Å². The number of rotatable bonds is 3. The maximum absolute atomic E-state index is 12.2. The zero-order valence-electron chi connectivity index (χ0n) is 12.0. The first-order valence-corrected chi connectivity index (χ1v) is 7.95. The lowest BCUT2D eigenvalue weighted by molar-refractivity contribution is -0.127. The zero-order valence-corrected chi connectivity index (χ0v) is 12.8. The standard InChI is InChI=1S/C16H16N2O3S/c19-15(6-5-13-3-1-11-21-13)17-7-9-18(10-8-17)16(20)14-4-2-12-22-14/h1-6,11-12H,7-10H2/b6-5+. The second-order valence-corrected chi connectivity index (χ2v) is 5.89. The van der Waals surface area contributed by atoms with Gasteiger partial charge in [0.25, 0.3) is 5.91 Å². The fourth-order valence-electron chi connectivity index (χ4n) is 2.33. The Morgan fingerprint density at radius 3 is 2.50 bits per heavy atom. The lowest BCUT2D eigenvalue weighted by Crippen LogP contribution is -2.50. The number of furan rings is 1. The Morgan fingerprint density at radius 1 is 1.09 bits per heavy atom. The fraction of sp³-hybridized carbons (Fsp3) is 0.250. The normalized spacial score (nSPS) is 15.5. The minimum atomic E-state index is -0.0559. The van der Waals surface area contributed by atoms with Gasteiger partial charge in [0, 0.05) is 32.3 Å². The van der Waals surface area contributed by atoms with Crippen molar-refractivity contribution in [1.29, 1.82) is 0 Å². The molecule has 0 N–H and O–H groups in total. The minimum Gasteiger partial charge on any atom is -0.465 e. The second-order valence-electron chi connectivity index (χ2n) is 4.94. The van der Waals surface area contributed by atoms with Gasteiger partial charge >= 0.3 is 0 Å². The van der Waals surface area contributed by atoms with Gasteiger partial charge in [0.1, 0.15) is 5.76 Å². The maximum atomic E-state index is 12.2. The van der Waals surface area contributed by atoms with E-state index in [9.17, 15) is 9.59 Å². The Kier molecular flexibility index (Phi) is 4.39. The van der Waals surface area contributed by atoms with Crippen molar-refractivity contribution in [3.8, 4) is 0 Å². The first-order valence-electron chi connectivity index (χ1n) is 7.07. The predicted molar refractivity (Wildman–Crippen MR) is 84.5 cm³/mol. The third-order valence-corrected chi connectivity index (χ3v) is 4.40. The molecule has 1 saturated heterocycles. The summed E-state index contributed by atoms with van der Waals surface area (Å²) in [7, 11) is 0. The molecule has 0 unspecified atom stereocenters. The summed E-state index contributed by atoms with van der Waals surface area (Å²) >= 11 is 1.45. The van der Waals surface area contributed by atoms with Gasteiger partial charge in [-0.2, -0.15) is 0 Å². The number of amides is 2. The van der Waals surface area contributed by atoms with Crippen LogP contribution in [0, 0.1) is 0 Å². The summed E-state index contributed by atoms with van der Waals surface area (Å²) in [5.41, 5.74) is 0. The summed E-state index contributed by atoms with van der Waals surface area (Å²) in [6.45, 7) is 2.24. The molecule has 0 spiro atoms. The summed E-state index contributed by atoms with van der Waals surface area (Å²) in [6.07, 6.45) is 4.74.